The zero-order chi connectivity index (χ0) is 24.9. The van der Waals surface area contributed by atoms with Gasteiger partial charge < -0.3 is 25.1 Å². The minimum atomic E-state index is -0.722. The normalized spacial score (nSPS) is 11.7. The first-order valence-electron chi connectivity index (χ1n) is 11.2. The number of nitrogens with two attached hydrogens (primary N) is 1. The van der Waals surface area contributed by atoms with Crippen molar-refractivity contribution in [1.29, 1.82) is 0 Å². The van der Waals surface area contributed by atoms with Crippen molar-refractivity contribution in [2.45, 2.75) is 25.9 Å². The van der Waals surface area contributed by atoms with E-state index in [2.05, 4.69) is 10.3 Å². The molecule has 1 amide bonds. The monoisotopic (exact) mass is 472 g/mol. The molecule has 0 saturated carbocycles. The maximum absolute atomic E-state index is 13.5. The summed E-state index contributed by atoms with van der Waals surface area (Å²) < 4.78 is 10.7. The molecule has 1 heterocycles. The molecule has 3 N–H and O–H groups in total. The summed E-state index contributed by atoms with van der Waals surface area (Å²) in [6.07, 6.45) is 0.353. The van der Waals surface area contributed by atoms with Crippen molar-refractivity contribution in [1.82, 2.24) is 9.88 Å². The van der Waals surface area contributed by atoms with Gasteiger partial charge in [-0.05, 0) is 47.9 Å². The number of nitrogens with one attached hydrogen (secondary N) is 1. The number of aromatic nitrogens is 1. The molecule has 8 heteroatoms. The Kier molecular flexibility index (Phi) is 7.01. The Morgan fingerprint density at radius 1 is 1.09 bits per heavy atom. The molecule has 0 unspecified atom stereocenters. The zero-order valence-electron chi connectivity index (χ0n) is 19.9. The molecule has 0 bridgehead atoms. The number of carbonyl (C=O) groups is 1. The average molecular weight is 473 g/mol. The van der Waals surface area contributed by atoms with Gasteiger partial charge in [0.2, 0.25) is 5.91 Å². The lowest BCUT2D eigenvalue weighted by atomic mass is 10.0. The van der Waals surface area contributed by atoms with Crippen LogP contribution in [0.4, 0.5) is 11.7 Å². The third kappa shape index (κ3) is 5.43. The first-order valence-corrected chi connectivity index (χ1v) is 11.2. The van der Waals surface area contributed by atoms with Crippen molar-refractivity contribution in [3.63, 3.8) is 0 Å². The molecule has 0 saturated heterocycles. The van der Waals surface area contributed by atoms with Crippen molar-refractivity contribution in [3.05, 3.63) is 93.8 Å². The van der Waals surface area contributed by atoms with Gasteiger partial charge in [-0.15, -0.1) is 0 Å². The Morgan fingerprint density at radius 3 is 2.49 bits per heavy atom. The second kappa shape index (κ2) is 10.3. The summed E-state index contributed by atoms with van der Waals surface area (Å²) in [6.45, 7) is 2.19. The summed E-state index contributed by atoms with van der Waals surface area (Å²) in [5.74, 6) is 0.560. The van der Waals surface area contributed by atoms with Crippen LogP contribution in [-0.4, -0.2) is 36.0 Å². The highest BCUT2D eigenvalue weighted by Gasteiger charge is 2.25. The third-order valence-electron chi connectivity index (χ3n) is 5.93. The number of methoxy groups -OCH3 is 1. The average Bonchev–Trinajstić information content (AvgIpc) is 2.86. The Balaban J connectivity index is 1.64. The number of fused-ring (bicyclic) bond motifs is 1. The Bertz CT molecular complexity index is 1380. The summed E-state index contributed by atoms with van der Waals surface area (Å²) in [5, 5.41) is 3.39. The third-order valence-corrected chi connectivity index (χ3v) is 5.93. The summed E-state index contributed by atoms with van der Waals surface area (Å²) >= 11 is 0. The number of rotatable bonds is 8. The number of nitrogen functional groups attached to an aromatic ring is 1. The molecule has 180 valence electrons. The highest BCUT2D eigenvalue weighted by molar-refractivity contribution is 5.87. The van der Waals surface area contributed by atoms with E-state index in [4.69, 9.17) is 14.9 Å². The van der Waals surface area contributed by atoms with Crippen LogP contribution in [0.2, 0.25) is 0 Å². The Morgan fingerprint density at radius 2 is 1.80 bits per heavy atom. The molecule has 1 aromatic heterocycles. The molecule has 0 aliphatic rings. The van der Waals surface area contributed by atoms with E-state index in [0.717, 1.165) is 16.9 Å². The van der Waals surface area contributed by atoms with Gasteiger partial charge in [0.15, 0.2) is 0 Å². The molecule has 35 heavy (non-hydrogen) atoms. The van der Waals surface area contributed by atoms with Gasteiger partial charge in [0, 0.05) is 25.7 Å². The fraction of sp³-hybridized carbons (Fsp3) is 0.222. The predicted molar refractivity (Wildman–Crippen MR) is 136 cm³/mol. The van der Waals surface area contributed by atoms with Gasteiger partial charge in [-0.25, -0.2) is 4.79 Å². The number of carbonyl (C=O) groups excluding carboxylic acids is 1. The number of ether oxygens (including phenoxy) is 1. The van der Waals surface area contributed by atoms with E-state index < -0.39 is 11.7 Å². The predicted octanol–water partition coefficient (Wildman–Crippen LogP) is 3.77. The highest BCUT2D eigenvalue weighted by Crippen LogP contribution is 2.22. The van der Waals surface area contributed by atoms with Crippen LogP contribution in [-0.2, 0) is 17.8 Å². The Labute approximate surface area is 203 Å². The van der Waals surface area contributed by atoms with E-state index in [1.54, 1.807) is 38.1 Å². The second-order valence-electron chi connectivity index (χ2n) is 8.41. The molecule has 4 aromatic rings. The van der Waals surface area contributed by atoms with Crippen molar-refractivity contribution in [2.24, 2.45) is 0 Å². The fourth-order valence-corrected chi connectivity index (χ4v) is 3.94. The van der Waals surface area contributed by atoms with Crippen molar-refractivity contribution in [3.8, 4) is 5.75 Å². The molecule has 0 aliphatic heterocycles. The van der Waals surface area contributed by atoms with Crippen LogP contribution >= 0.6 is 0 Å². The van der Waals surface area contributed by atoms with E-state index in [1.807, 2.05) is 54.6 Å². The van der Waals surface area contributed by atoms with Crippen LogP contribution in [0, 0.1) is 6.92 Å². The lowest BCUT2D eigenvalue weighted by Gasteiger charge is -2.25. The largest absolute Gasteiger partial charge is 0.497 e. The molecular weight excluding hydrogens is 444 g/mol. The van der Waals surface area contributed by atoms with Gasteiger partial charge in [0.1, 0.15) is 11.8 Å². The molecular formula is C27H28N4O4. The summed E-state index contributed by atoms with van der Waals surface area (Å²) in [6, 6.07) is 19.8. The van der Waals surface area contributed by atoms with E-state index in [1.165, 1.54) is 0 Å². The standard InChI is InChI=1S/C27H28N4O4/c1-17-21(28)13-14-22-24(17)26(33)35-27(29-22)30-23(15-18-9-11-20(34-3)12-10-18)25(32)31(2)16-19-7-5-4-6-8-19/h4-14,23H,15-16,28H2,1-3H3,(H,29,30)/t23-/m0/s1. The second-order valence-corrected chi connectivity index (χ2v) is 8.41. The zero-order valence-corrected chi connectivity index (χ0v) is 19.9. The molecule has 0 radical (unpaired) electrons. The molecule has 8 nitrogen and oxygen atoms in total. The van der Waals surface area contributed by atoms with Gasteiger partial charge in [0.25, 0.3) is 6.01 Å². The van der Waals surface area contributed by atoms with Crippen molar-refractivity contribution >= 4 is 28.5 Å². The van der Waals surface area contributed by atoms with Crippen LogP contribution in [0.3, 0.4) is 0 Å². The number of hydrogen-bond donors (Lipinski definition) is 2. The van der Waals surface area contributed by atoms with Crippen LogP contribution in [0.25, 0.3) is 10.9 Å². The molecule has 0 fully saturated rings. The highest BCUT2D eigenvalue weighted by atomic mass is 16.5. The maximum atomic E-state index is 13.5. The maximum Gasteiger partial charge on any atom is 0.348 e. The van der Waals surface area contributed by atoms with Gasteiger partial charge in [-0.2, -0.15) is 4.98 Å². The Hall–Kier alpha value is -4.33. The van der Waals surface area contributed by atoms with E-state index >= 15 is 0 Å². The van der Waals surface area contributed by atoms with Crippen LogP contribution < -0.4 is 21.4 Å². The number of nitrogens with zero attached hydrogens (tertiary/aromatic N) is 2. The molecule has 1 atom stereocenters. The van der Waals surface area contributed by atoms with E-state index in [9.17, 15) is 9.59 Å². The van der Waals surface area contributed by atoms with E-state index in [-0.39, 0.29) is 11.9 Å². The quantitative estimate of drug-likeness (QED) is 0.376. The van der Waals surface area contributed by atoms with E-state index in [0.29, 0.717) is 35.1 Å². The van der Waals surface area contributed by atoms with Gasteiger partial charge in [0.05, 0.1) is 18.0 Å². The van der Waals surface area contributed by atoms with Crippen molar-refractivity contribution in [2.75, 3.05) is 25.2 Å². The smallest absolute Gasteiger partial charge is 0.348 e. The minimum Gasteiger partial charge on any atom is -0.497 e. The van der Waals surface area contributed by atoms with Gasteiger partial charge in [-0.1, -0.05) is 42.5 Å². The summed E-state index contributed by atoms with van der Waals surface area (Å²) in [4.78, 5) is 32.3. The minimum absolute atomic E-state index is 0.0216. The van der Waals surface area contributed by atoms with Crippen molar-refractivity contribution < 1.29 is 13.9 Å². The first kappa shape index (κ1) is 23.8. The molecule has 0 spiro atoms. The van der Waals surface area contributed by atoms with Crippen LogP contribution in [0.1, 0.15) is 16.7 Å². The SMILES string of the molecule is COc1ccc(C[C@H](Nc2nc3ccc(N)c(C)c3c(=O)o2)C(=O)N(C)Cc2ccccc2)cc1. The van der Waals surface area contributed by atoms with Crippen LogP contribution in [0.5, 0.6) is 5.75 Å². The molecule has 3 aromatic carbocycles. The lowest BCUT2D eigenvalue weighted by molar-refractivity contribution is -0.131. The van der Waals surface area contributed by atoms with Gasteiger partial charge >= 0.3 is 5.63 Å². The van der Waals surface area contributed by atoms with Crippen LogP contribution in [0.15, 0.2) is 75.9 Å². The fourth-order valence-electron chi connectivity index (χ4n) is 3.94. The lowest BCUT2D eigenvalue weighted by Crippen LogP contribution is -2.42. The number of likely N-dealkylation sites (N-methyl/N-ethyl adjacent to an activating group) is 1. The van der Waals surface area contributed by atoms with Gasteiger partial charge in [-0.3, -0.25) is 4.79 Å². The number of amides is 1. The molecule has 4 rings (SSSR count). The number of benzene rings is 3. The number of aryl methyl sites for hydroxylation is 1. The summed E-state index contributed by atoms with van der Waals surface area (Å²) in [5.41, 5.74) is 8.85. The summed E-state index contributed by atoms with van der Waals surface area (Å²) in [7, 11) is 3.35. The number of anilines is 2. The topological polar surface area (TPSA) is 111 Å². The molecule has 0 aliphatic carbocycles. The first-order chi connectivity index (χ1) is 16.9. The number of hydrogen-bond acceptors (Lipinski definition) is 7.